The first kappa shape index (κ1) is 8.96. The van der Waals surface area contributed by atoms with E-state index in [0.717, 1.165) is 25.8 Å². The maximum absolute atomic E-state index is 10.7. The minimum atomic E-state index is -3.04. The lowest BCUT2D eigenvalue weighted by Gasteiger charge is -2.23. The topological polar surface area (TPSA) is 58.2 Å². The molecule has 0 bridgehead atoms. The van der Waals surface area contributed by atoms with E-state index >= 15 is 0 Å². The van der Waals surface area contributed by atoms with Gasteiger partial charge in [-0.3, -0.25) is 0 Å². The maximum Gasteiger partial charge on any atom is 0.210 e. The zero-order chi connectivity index (χ0) is 8.32. The summed E-state index contributed by atoms with van der Waals surface area (Å²) < 4.78 is 24.0. The molecule has 1 saturated heterocycles. The first-order valence-corrected chi connectivity index (χ1v) is 5.68. The van der Waals surface area contributed by atoms with Gasteiger partial charge in [-0.25, -0.2) is 8.42 Å². The number of rotatable bonds is 2. The highest BCUT2D eigenvalue weighted by Crippen LogP contribution is 2.04. The number of hydrogen-bond donors (Lipinski definition) is 2. The molecule has 0 aromatic heterocycles. The van der Waals surface area contributed by atoms with Gasteiger partial charge in [0.2, 0.25) is 10.0 Å². The van der Waals surface area contributed by atoms with Crippen LogP contribution >= 0.6 is 0 Å². The van der Waals surface area contributed by atoms with Crippen molar-refractivity contribution in [1.29, 1.82) is 0 Å². The molecule has 0 aliphatic carbocycles. The standard InChI is InChI=1S/C6H14N2O2S/c1-11(9,10)8-6-4-2-3-5-7-6/h6-8H,2-5H2,1H3/t6-/m1/s1. The maximum atomic E-state index is 10.7. The average molecular weight is 178 g/mol. The molecule has 0 aromatic carbocycles. The Morgan fingerprint density at radius 2 is 2.18 bits per heavy atom. The molecule has 2 N–H and O–H groups in total. The summed E-state index contributed by atoms with van der Waals surface area (Å²) in [6.45, 7) is 0.910. The van der Waals surface area contributed by atoms with Crippen LogP contribution in [0.5, 0.6) is 0 Å². The van der Waals surface area contributed by atoms with Gasteiger partial charge in [-0.1, -0.05) is 0 Å². The van der Waals surface area contributed by atoms with E-state index in [4.69, 9.17) is 0 Å². The molecule has 4 nitrogen and oxygen atoms in total. The summed E-state index contributed by atoms with van der Waals surface area (Å²) >= 11 is 0. The van der Waals surface area contributed by atoms with Gasteiger partial charge in [0.1, 0.15) is 0 Å². The van der Waals surface area contributed by atoms with Gasteiger partial charge >= 0.3 is 0 Å². The fourth-order valence-corrected chi connectivity index (χ4v) is 1.93. The van der Waals surface area contributed by atoms with Crippen LogP contribution in [-0.4, -0.2) is 27.4 Å². The first-order chi connectivity index (χ1) is 5.08. The lowest BCUT2D eigenvalue weighted by atomic mass is 10.1. The minimum absolute atomic E-state index is 0.0428. The van der Waals surface area contributed by atoms with Gasteiger partial charge in [-0.05, 0) is 25.8 Å². The van der Waals surface area contributed by atoms with E-state index in [-0.39, 0.29) is 6.17 Å². The summed E-state index contributed by atoms with van der Waals surface area (Å²) in [7, 11) is -3.04. The van der Waals surface area contributed by atoms with E-state index < -0.39 is 10.0 Å². The van der Waals surface area contributed by atoms with Crippen LogP contribution in [0.25, 0.3) is 0 Å². The molecule has 11 heavy (non-hydrogen) atoms. The van der Waals surface area contributed by atoms with E-state index in [1.165, 1.54) is 6.26 Å². The Labute approximate surface area is 67.4 Å². The molecule has 1 aliphatic heterocycles. The Morgan fingerprint density at radius 1 is 1.45 bits per heavy atom. The average Bonchev–Trinajstić information content (AvgIpc) is 1.85. The quantitative estimate of drug-likeness (QED) is 0.607. The highest BCUT2D eigenvalue weighted by atomic mass is 32.2. The summed E-state index contributed by atoms with van der Waals surface area (Å²) in [5.74, 6) is 0. The van der Waals surface area contributed by atoms with Gasteiger partial charge in [0.15, 0.2) is 0 Å². The smallest absolute Gasteiger partial charge is 0.210 e. The van der Waals surface area contributed by atoms with E-state index in [2.05, 4.69) is 10.0 Å². The minimum Gasteiger partial charge on any atom is -0.301 e. The molecular weight excluding hydrogens is 164 g/mol. The highest BCUT2D eigenvalue weighted by Gasteiger charge is 2.15. The summed E-state index contributed by atoms with van der Waals surface area (Å²) in [5, 5.41) is 3.09. The van der Waals surface area contributed by atoms with Gasteiger partial charge in [0, 0.05) is 0 Å². The summed E-state index contributed by atoms with van der Waals surface area (Å²) in [6.07, 6.45) is 4.28. The summed E-state index contributed by atoms with van der Waals surface area (Å²) in [4.78, 5) is 0. The third kappa shape index (κ3) is 3.69. The Balaban J connectivity index is 2.36. The van der Waals surface area contributed by atoms with Crippen LogP contribution in [0.2, 0.25) is 0 Å². The lowest BCUT2D eigenvalue weighted by molar-refractivity contribution is 0.383. The number of sulfonamides is 1. The highest BCUT2D eigenvalue weighted by molar-refractivity contribution is 7.88. The van der Waals surface area contributed by atoms with Crippen LogP contribution in [0.3, 0.4) is 0 Å². The third-order valence-corrected chi connectivity index (χ3v) is 2.38. The Bertz CT molecular complexity index is 207. The van der Waals surface area contributed by atoms with E-state index in [1.807, 2.05) is 0 Å². The fourth-order valence-electron chi connectivity index (χ4n) is 1.21. The normalized spacial score (nSPS) is 26.8. The van der Waals surface area contributed by atoms with Crippen LogP contribution in [-0.2, 0) is 10.0 Å². The van der Waals surface area contributed by atoms with Crippen molar-refractivity contribution in [1.82, 2.24) is 10.0 Å². The van der Waals surface area contributed by atoms with Crippen LogP contribution < -0.4 is 10.0 Å². The number of nitrogens with one attached hydrogen (secondary N) is 2. The van der Waals surface area contributed by atoms with Gasteiger partial charge in [0.25, 0.3) is 0 Å². The van der Waals surface area contributed by atoms with Crippen molar-refractivity contribution in [3.63, 3.8) is 0 Å². The molecule has 1 fully saturated rings. The van der Waals surface area contributed by atoms with Gasteiger partial charge in [-0.2, -0.15) is 4.72 Å². The second kappa shape index (κ2) is 3.51. The lowest BCUT2D eigenvalue weighted by Crippen LogP contribution is -2.47. The molecule has 0 spiro atoms. The second-order valence-electron chi connectivity index (χ2n) is 2.89. The van der Waals surface area contributed by atoms with Crippen LogP contribution in [0.1, 0.15) is 19.3 Å². The third-order valence-electron chi connectivity index (χ3n) is 1.67. The SMILES string of the molecule is CS(=O)(=O)N[C@@H]1CCCCN1. The van der Waals surface area contributed by atoms with Crippen molar-refractivity contribution in [2.75, 3.05) is 12.8 Å². The Morgan fingerprint density at radius 3 is 2.64 bits per heavy atom. The second-order valence-corrected chi connectivity index (χ2v) is 4.67. The molecule has 0 aromatic rings. The number of piperidine rings is 1. The van der Waals surface area contributed by atoms with Crippen LogP contribution in [0, 0.1) is 0 Å². The van der Waals surface area contributed by atoms with Crippen molar-refractivity contribution < 1.29 is 8.42 Å². The Kier molecular flexibility index (Phi) is 2.86. The molecule has 0 saturated carbocycles. The molecule has 1 atom stereocenters. The van der Waals surface area contributed by atoms with Gasteiger partial charge in [-0.15, -0.1) is 0 Å². The van der Waals surface area contributed by atoms with E-state index in [9.17, 15) is 8.42 Å². The predicted molar refractivity (Wildman–Crippen MR) is 43.6 cm³/mol. The van der Waals surface area contributed by atoms with Crippen molar-refractivity contribution >= 4 is 10.0 Å². The molecule has 1 rings (SSSR count). The molecule has 0 unspecified atom stereocenters. The zero-order valence-electron chi connectivity index (χ0n) is 6.63. The van der Waals surface area contributed by atoms with Crippen molar-refractivity contribution in [3.8, 4) is 0 Å². The zero-order valence-corrected chi connectivity index (χ0v) is 7.45. The molecular formula is C6H14N2O2S. The summed E-state index contributed by atoms with van der Waals surface area (Å²) in [5.41, 5.74) is 0. The largest absolute Gasteiger partial charge is 0.301 e. The van der Waals surface area contributed by atoms with Crippen molar-refractivity contribution in [2.45, 2.75) is 25.4 Å². The summed E-state index contributed by atoms with van der Waals surface area (Å²) in [6, 6.07) is 0. The van der Waals surface area contributed by atoms with E-state index in [0.29, 0.717) is 0 Å². The number of hydrogen-bond acceptors (Lipinski definition) is 3. The molecule has 66 valence electrons. The van der Waals surface area contributed by atoms with E-state index in [1.54, 1.807) is 0 Å². The molecule has 1 aliphatic rings. The van der Waals surface area contributed by atoms with Crippen LogP contribution in [0.15, 0.2) is 0 Å². The first-order valence-electron chi connectivity index (χ1n) is 3.78. The molecule has 0 amide bonds. The van der Waals surface area contributed by atoms with Crippen molar-refractivity contribution in [3.05, 3.63) is 0 Å². The molecule has 0 radical (unpaired) electrons. The van der Waals surface area contributed by atoms with Crippen LogP contribution in [0.4, 0.5) is 0 Å². The monoisotopic (exact) mass is 178 g/mol. The predicted octanol–water partition coefficient (Wildman–Crippen LogP) is -0.365. The molecule has 1 heterocycles. The van der Waals surface area contributed by atoms with Crippen molar-refractivity contribution in [2.24, 2.45) is 0 Å². The van der Waals surface area contributed by atoms with Gasteiger partial charge < -0.3 is 5.32 Å². The molecule has 5 heteroatoms. The van der Waals surface area contributed by atoms with Gasteiger partial charge in [0.05, 0.1) is 12.4 Å². The fraction of sp³-hybridized carbons (Fsp3) is 1.00. The Hall–Kier alpha value is -0.130.